The Labute approximate surface area is 210 Å². The molecule has 4 rings (SSSR count). The van der Waals surface area contributed by atoms with E-state index < -0.39 is 26.0 Å². The first-order chi connectivity index (χ1) is 17.0. The van der Waals surface area contributed by atoms with Gasteiger partial charge in [0.1, 0.15) is 0 Å². The topological polar surface area (TPSA) is 57.6 Å². The zero-order valence-corrected chi connectivity index (χ0v) is 22.0. The van der Waals surface area contributed by atoms with Crippen molar-refractivity contribution < 1.29 is 13.0 Å². The van der Waals surface area contributed by atoms with Gasteiger partial charge in [-0.25, -0.2) is 0 Å². The van der Waals surface area contributed by atoms with E-state index in [1.165, 1.54) is 21.2 Å². The zero-order valence-electron chi connectivity index (χ0n) is 19.4. The van der Waals surface area contributed by atoms with Crippen LogP contribution in [0.5, 0.6) is 0 Å². The summed E-state index contributed by atoms with van der Waals surface area (Å²) in [4.78, 5) is 2.23. The number of nitrogens with zero attached hydrogens (tertiary/aromatic N) is 1. The summed E-state index contributed by atoms with van der Waals surface area (Å²) in [6.07, 6.45) is 1.41. The Hall–Kier alpha value is -2.39. The van der Waals surface area contributed by atoms with Crippen molar-refractivity contribution in [1.82, 2.24) is 4.90 Å². The molecule has 0 saturated heterocycles. The van der Waals surface area contributed by atoms with Crippen LogP contribution in [0.3, 0.4) is 0 Å². The van der Waals surface area contributed by atoms with Crippen molar-refractivity contribution in [2.24, 2.45) is 0 Å². The second-order valence-corrected chi connectivity index (χ2v) is 14.1. The molecule has 0 aliphatic rings. The number of benzene rings is 4. The van der Waals surface area contributed by atoms with E-state index >= 15 is 0 Å². The van der Waals surface area contributed by atoms with Gasteiger partial charge < -0.3 is 0 Å². The minimum absolute atomic E-state index is 0.274. The van der Waals surface area contributed by atoms with Gasteiger partial charge in [0.25, 0.3) is 10.1 Å². The number of hydrogen-bond donors (Lipinski definition) is 1. The summed E-state index contributed by atoms with van der Waals surface area (Å²) in [7, 11) is -5.57. The molecule has 0 amide bonds. The van der Waals surface area contributed by atoms with Gasteiger partial charge in [-0.2, -0.15) is 8.42 Å². The van der Waals surface area contributed by atoms with Crippen LogP contribution in [0.2, 0.25) is 0 Å². The molecule has 7 heteroatoms. The molecule has 0 aromatic heterocycles. The minimum atomic E-state index is -4.08. The third-order valence-electron chi connectivity index (χ3n) is 5.62. The molecule has 0 saturated carbocycles. The SMILES string of the molecule is O=S(=O)(O)CCN(CP(c1ccccc1)c1ccccc1)CP(c1ccccc1)c1ccccc1. The van der Waals surface area contributed by atoms with Gasteiger partial charge in [-0.1, -0.05) is 121 Å². The van der Waals surface area contributed by atoms with Gasteiger partial charge in [0, 0.05) is 19.1 Å². The van der Waals surface area contributed by atoms with E-state index in [-0.39, 0.29) is 12.3 Å². The Balaban J connectivity index is 1.69. The Bertz CT molecular complexity index is 1110. The third-order valence-corrected chi connectivity index (χ3v) is 11.4. The molecule has 0 heterocycles. The smallest absolute Gasteiger partial charge is 0.266 e. The van der Waals surface area contributed by atoms with Gasteiger partial charge in [0.15, 0.2) is 0 Å². The maximum Gasteiger partial charge on any atom is 0.266 e. The molecular formula is C28H29NO3P2S. The van der Waals surface area contributed by atoms with Crippen LogP contribution in [0.15, 0.2) is 121 Å². The van der Waals surface area contributed by atoms with Crippen molar-refractivity contribution in [3.05, 3.63) is 121 Å². The first-order valence-corrected chi connectivity index (χ1v) is 16.1. The molecule has 0 aliphatic heterocycles. The lowest BCUT2D eigenvalue weighted by Gasteiger charge is -2.32. The van der Waals surface area contributed by atoms with Crippen molar-refractivity contribution >= 4 is 47.2 Å². The van der Waals surface area contributed by atoms with E-state index in [1.807, 2.05) is 24.3 Å². The van der Waals surface area contributed by atoms with Crippen LogP contribution >= 0.6 is 15.8 Å². The van der Waals surface area contributed by atoms with Gasteiger partial charge in [-0.05, 0) is 37.1 Å². The molecule has 4 nitrogen and oxygen atoms in total. The third kappa shape index (κ3) is 7.80. The Morgan fingerprint density at radius 3 is 1.09 bits per heavy atom. The van der Waals surface area contributed by atoms with E-state index in [9.17, 15) is 13.0 Å². The average molecular weight is 522 g/mol. The van der Waals surface area contributed by atoms with E-state index in [4.69, 9.17) is 0 Å². The lowest BCUT2D eigenvalue weighted by atomic mass is 10.4. The van der Waals surface area contributed by atoms with Gasteiger partial charge >= 0.3 is 0 Å². The van der Waals surface area contributed by atoms with Crippen molar-refractivity contribution in [2.45, 2.75) is 0 Å². The largest absolute Gasteiger partial charge is 0.293 e. The van der Waals surface area contributed by atoms with Crippen molar-refractivity contribution in [1.29, 1.82) is 0 Å². The summed E-state index contributed by atoms with van der Waals surface area (Å²) >= 11 is 0. The lowest BCUT2D eigenvalue weighted by Crippen LogP contribution is -2.35. The summed E-state index contributed by atoms with van der Waals surface area (Å²) in [6, 6.07) is 41.7. The molecule has 0 atom stereocenters. The fourth-order valence-corrected chi connectivity index (χ4v) is 9.19. The van der Waals surface area contributed by atoms with Gasteiger partial charge in [0.2, 0.25) is 0 Å². The van der Waals surface area contributed by atoms with Crippen molar-refractivity contribution in [3.63, 3.8) is 0 Å². The van der Waals surface area contributed by atoms with Gasteiger partial charge in [0.05, 0.1) is 5.75 Å². The lowest BCUT2D eigenvalue weighted by molar-refractivity contribution is 0.387. The second kappa shape index (κ2) is 12.5. The molecule has 35 heavy (non-hydrogen) atoms. The maximum atomic E-state index is 11.7. The molecule has 180 valence electrons. The molecular weight excluding hydrogens is 492 g/mol. The van der Waals surface area contributed by atoms with Crippen LogP contribution in [0.4, 0.5) is 0 Å². The Morgan fingerprint density at radius 2 is 0.829 bits per heavy atom. The summed E-state index contributed by atoms with van der Waals surface area (Å²) in [5, 5.41) is 4.98. The van der Waals surface area contributed by atoms with Crippen LogP contribution in [0, 0.1) is 0 Å². The van der Waals surface area contributed by atoms with Crippen LogP contribution in [-0.4, -0.2) is 42.7 Å². The monoisotopic (exact) mass is 521 g/mol. The van der Waals surface area contributed by atoms with Crippen molar-refractivity contribution in [3.8, 4) is 0 Å². The van der Waals surface area contributed by atoms with Gasteiger partial charge in [-0.3, -0.25) is 9.45 Å². The van der Waals surface area contributed by atoms with E-state index in [0.29, 0.717) is 12.6 Å². The predicted molar refractivity (Wildman–Crippen MR) is 151 cm³/mol. The normalized spacial score (nSPS) is 11.9. The maximum absolute atomic E-state index is 11.7. The highest BCUT2D eigenvalue weighted by atomic mass is 32.2. The predicted octanol–water partition coefficient (Wildman–Crippen LogP) is 4.36. The minimum Gasteiger partial charge on any atom is -0.293 e. The molecule has 4 aromatic carbocycles. The van der Waals surface area contributed by atoms with Crippen LogP contribution in [0.25, 0.3) is 0 Å². The van der Waals surface area contributed by atoms with E-state index in [0.717, 1.165) is 0 Å². The zero-order chi connectivity index (χ0) is 24.5. The quantitative estimate of drug-likeness (QED) is 0.236. The van der Waals surface area contributed by atoms with Crippen molar-refractivity contribution in [2.75, 3.05) is 24.9 Å². The molecule has 0 fully saturated rings. The average Bonchev–Trinajstić information content (AvgIpc) is 2.90. The second-order valence-electron chi connectivity index (χ2n) is 8.16. The highest BCUT2D eigenvalue weighted by Gasteiger charge is 2.23. The first kappa shape index (κ1) is 25.7. The first-order valence-electron chi connectivity index (χ1n) is 11.4. The molecule has 0 bridgehead atoms. The molecule has 4 aromatic rings. The van der Waals surface area contributed by atoms with Gasteiger partial charge in [-0.15, -0.1) is 0 Å². The van der Waals surface area contributed by atoms with E-state index in [2.05, 4.69) is 102 Å². The highest BCUT2D eigenvalue weighted by molar-refractivity contribution is 7.85. The number of rotatable bonds is 11. The number of hydrogen-bond acceptors (Lipinski definition) is 3. The van der Waals surface area contributed by atoms with Crippen LogP contribution < -0.4 is 21.2 Å². The molecule has 0 aliphatic carbocycles. The molecule has 0 spiro atoms. The van der Waals surface area contributed by atoms with Crippen LogP contribution in [0.1, 0.15) is 0 Å². The highest BCUT2D eigenvalue weighted by Crippen LogP contribution is 2.39. The summed E-state index contributed by atoms with van der Waals surface area (Å²) in [5.74, 6) is -0.285. The summed E-state index contributed by atoms with van der Waals surface area (Å²) in [6.45, 7) is 0.274. The standard InChI is InChI=1S/C28H29NO3P2S/c30-35(31,32)22-21-29(23-33(25-13-5-1-6-14-25)26-15-7-2-8-16-26)24-34(27-17-9-3-10-18-27)28-19-11-4-12-20-28/h1-20H,21-24H2,(H,30,31,32). The Kier molecular flexibility index (Phi) is 9.20. The molecule has 1 N–H and O–H groups in total. The molecule has 0 unspecified atom stereocenters. The molecule has 0 radical (unpaired) electrons. The summed E-state index contributed by atoms with van der Waals surface area (Å²) in [5.41, 5.74) is 0. The fraction of sp³-hybridized carbons (Fsp3) is 0.143. The Morgan fingerprint density at radius 1 is 0.543 bits per heavy atom. The summed E-state index contributed by atoms with van der Waals surface area (Å²) < 4.78 is 33.0. The van der Waals surface area contributed by atoms with E-state index in [1.54, 1.807) is 0 Å². The van der Waals surface area contributed by atoms with Crippen LogP contribution in [-0.2, 0) is 10.1 Å². The fourth-order valence-electron chi connectivity index (χ4n) is 3.89.